The van der Waals surface area contributed by atoms with Gasteiger partial charge in [0.25, 0.3) is 5.91 Å². The zero-order valence-electron chi connectivity index (χ0n) is 9.11. The van der Waals surface area contributed by atoms with E-state index in [4.69, 9.17) is 4.74 Å². The lowest BCUT2D eigenvalue weighted by atomic mass is 10.1. The Bertz CT molecular complexity index is 374. The maximum atomic E-state index is 12.1. The van der Waals surface area contributed by atoms with Crippen molar-refractivity contribution >= 4 is 33.2 Å². The monoisotopic (exact) mass is 303 g/mol. The van der Waals surface area contributed by atoms with Crippen molar-refractivity contribution < 1.29 is 9.53 Å². The molecule has 2 rings (SSSR count). The van der Waals surface area contributed by atoms with Crippen molar-refractivity contribution in [2.75, 3.05) is 20.3 Å². The molecule has 5 heteroatoms. The molecule has 0 unspecified atom stereocenters. The Morgan fingerprint density at radius 1 is 1.56 bits per heavy atom. The quantitative estimate of drug-likeness (QED) is 0.841. The fourth-order valence-electron chi connectivity index (χ4n) is 1.86. The van der Waals surface area contributed by atoms with Crippen LogP contribution in [0, 0.1) is 0 Å². The van der Waals surface area contributed by atoms with Gasteiger partial charge in [-0.05, 0) is 34.8 Å². The Labute approximate surface area is 108 Å². The third kappa shape index (κ3) is 2.64. The van der Waals surface area contributed by atoms with Crippen LogP contribution in [0.25, 0.3) is 0 Å². The van der Waals surface area contributed by atoms with E-state index in [0.717, 1.165) is 35.4 Å². The van der Waals surface area contributed by atoms with Crippen LogP contribution in [-0.2, 0) is 4.74 Å². The van der Waals surface area contributed by atoms with Gasteiger partial charge in [0.15, 0.2) is 0 Å². The van der Waals surface area contributed by atoms with Gasteiger partial charge in [-0.25, -0.2) is 0 Å². The predicted molar refractivity (Wildman–Crippen MR) is 68.0 cm³/mol. The number of rotatable bonds is 2. The lowest BCUT2D eigenvalue weighted by Crippen LogP contribution is -2.40. The van der Waals surface area contributed by atoms with Gasteiger partial charge in [-0.3, -0.25) is 4.79 Å². The van der Waals surface area contributed by atoms with Crippen LogP contribution in [0.1, 0.15) is 23.2 Å². The Morgan fingerprint density at radius 2 is 2.25 bits per heavy atom. The largest absolute Gasteiger partial charge is 0.381 e. The third-order valence-corrected chi connectivity index (χ3v) is 4.38. The first-order valence-electron chi connectivity index (χ1n) is 5.27. The molecule has 1 saturated heterocycles. The minimum Gasteiger partial charge on any atom is -0.381 e. The lowest BCUT2D eigenvalue weighted by molar-refractivity contribution is 0.0362. The van der Waals surface area contributed by atoms with Gasteiger partial charge in [-0.1, -0.05) is 0 Å². The number of halogens is 1. The summed E-state index contributed by atoms with van der Waals surface area (Å²) < 4.78 is 6.29. The van der Waals surface area contributed by atoms with Gasteiger partial charge in [-0.2, -0.15) is 0 Å². The average Bonchev–Trinajstić information content (AvgIpc) is 2.75. The second kappa shape index (κ2) is 5.29. The number of ether oxygens (including phenoxy) is 1. The summed E-state index contributed by atoms with van der Waals surface area (Å²) in [6.45, 7) is 1.52. The molecule has 1 aromatic heterocycles. The van der Waals surface area contributed by atoms with E-state index in [1.165, 1.54) is 0 Å². The van der Waals surface area contributed by atoms with Crippen LogP contribution in [0.4, 0.5) is 0 Å². The number of hydrogen-bond donors (Lipinski definition) is 0. The number of hydrogen-bond acceptors (Lipinski definition) is 3. The third-order valence-electron chi connectivity index (χ3n) is 2.87. The zero-order valence-corrected chi connectivity index (χ0v) is 11.5. The number of amides is 1. The van der Waals surface area contributed by atoms with Crippen molar-refractivity contribution in [2.24, 2.45) is 0 Å². The van der Waals surface area contributed by atoms with Crippen molar-refractivity contribution in [1.29, 1.82) is 0 Å². The molecule has 1 amide bonds. The fraction of sp³-hybridized carbons (Fsp3) is 0.545. The molecule has 1 aromatic rings. The topological polar surface area (TPSA) is 29.5 Å². The van der Waals surface area contributed by atoms with Crippen LogP contribution in [0.5, 0.6) is 0 Å². The second-order valence-electron chi connectivity index (χ2n) is 3.90. The van der Waals surface area contributed by atoms with Gasteiger partial charge in [0.1, 0.15) is 0 Å². The molecule has 1 fully saturated rings. The van der Waals surface area contributed by atoms with E-state index in [2.05, 4.69) is 15.9 Å². The van der Waals surface area contributed by atoms with Gasteiger partial charge in [-0.15, -0.1) is 11.3 Å². The summed E-state index contributed by atoms with van der Waals surface area (Å²) in [5, 5.41) is 1.89. The molecule has 0 aliphatic carbocycles. The van der Waals surface area contributed by atoms with Gasteiger partial charge in [0.2, 0.25) is 0 Å². The molecular weight excluding hydrogens is 290 g/mol. The van der Waals surface area contributed by atoms with E-state index in [1.807, 2.05) is 23.4 Å². The predicted octanol–water partition coefficient (Wildman–Crippen LogP) is 2.76. The molecule has 1 aliphatic rings. The summed E-state index contributed by atoms with van der Waals surface area (Å²) in [7, 11) is 1.88. The summed E-state index contributed by atoms with van der Waals surface area (Å²) in [6.07, 6.45) is 1.88. The second-order valence-corrected chi connectivity index (χ2v) is 6.19. The van der Waals surface area contributed by atoms with E-state index in [1.54, 1.807) is 11.3 Å². The molecule has 0 atom stereocenters. The van der Waals surface area contributed by atoms with E-state index >= 15 is 0 Å². The van der Waals surface area contributed by atoms with E-state index in [-0.39, 0.29) is 5.91 Å². The molecule has 0 bridgehead atoms. The van der Waals surface area contributed by atoms with Crippen LogP contribution in [0.2, 0.25) is 0 Å². The molecule has 0 N–H and O–H groups in total. The number of thiophene rings is 1. The van der Waals surface area contributed by atoms with Crippen molar-refractivity contribution in [1.82, 2.24) is 4.90 Å². The van der Waals surface area contributed by atoms with Crippen molar-refractivity contribution in [3.63, 3.8) is 0 Å². The number of carbonyl (C=O) groups is 1. The highest BCUT2D eigenvalue weighted by Crippen LogP contribution is 2.23. The highest BCUT2D eigenvalue weighted by molar-refractivity contribution is 9.11. The SMILES string of the molecule is CN(C(=O)c1csc(Br)c1)C1CCOCC1. The molecule has 88 valence electrons. The highest BCUT2D eigenvalue weighted by atomic mass is 79.9. The minimum atomic E-state index is 0.105. The fourth-order valence-corrected chi connectivity index (χ4v) is 2.99. The Kier molecular flexibility index (Phi) is 4.00. The first kappa shape index (κ1) is 12.1. The van der Waals surface area contributed by atoms with Crippen LogP contribution < -0.4 is 0 Å². The maximum absolute atomic E-state index is 12.1. The normalized spacial score (nSPS) is 17.4. The Hall–Kier alpha value is -0.390. The van der Waals surface area contributed by atoms with Crippen LogP contribution >= 0.6 is 27.3 Å². The molecule has 0 saturated carbocycles. The lowest BCUT2D eigenvalue weighted by Gasteiger charge is -2.31. The Balaban J connectivity index is 2.03. The minimum absolute atomic E-state index is 0.105. The Morgan fingerprint density at radius 3 is 2.81 bits per heavy atom. The molecule has 16 heavy (non-hydrogen) atoms. The van der Waals surface area contributed by atoms with Crippen LogP contribution in [0.3, 0.4) is 0 Å². The van der Waals surface area contributed by atoms with Crippen LogP contribution in [-0.4, -0.2) is 37.1 Å². The summed E-state index contributed by atoms with van der Waals surface area (Å²) in [5.41, 5.74) is 0.769. The van der Waals surface area contributed by atoms with Gasteiger partial charge in [0, 0.05) is 31.7 Å². The van der Waals surface area contributed by atoms with E-state index in [9.17, 15) is 4.79 Å². The zero-order chi connectivity index (χ0) is 11.5. The molecule has 0 spiro atoms. The van der Waals surface area contributed by atoms with E-state index < -0.39 is 0 Å². The van der Waals surface area contributed by atoms with E-state index in [0.29, 0.717) is 6.04 Å². The molecule has 3 nitrogen and oxygen atoms in total. The summed E-state index contributed by atoms with van der Waals surface area (Å²) in [4.78, 5) is 14.0. The maximum Gasteiger partial charge on any atom is 0.254 e. The molecular formula is C11H14BrNO2S. The van der Waals surface area contributed by atoms with Gasteiger partial charge < -0.3 is 9.64 Å². The smallest absolute Gasteiger partial charge is 0.254 e. The van der Waals surface area contributed by atoms with Crippen molar-refractivity contribution in [3.8, 4) is 0 Å². The summed E-state index contributed by atoms with van der Waals surface area (Å²) in [5.74, 6) is 0.105. The van der Waals surface area contributed by atoms with Gasteiger partial charge >= 0.3 is 0 Å². The number of nitrogens with zero attached hydrogens (tertiary/aromatic N) is 1. The standard InChI is InChI=1S/C11H14BrNO2S/c1-13(9-2-4-15-5-3-9)11(14)8-6-10(12)16-7-8/h6-7,9H,2-5H2,1H3. The van der Waals surface area contributed by atoms with Crippen LogP contribution in [0.15, 0.2) is 15.2 Å². The van der Waals surface area contributed by atoms with Crippen molar-refractivity contribution in [2.45, 2.75) is 18.9 Å². The summed E-state index contributed by atoms with van der Waals surface area (Å²) >= 11 is 4.91. The van der Waals surface area contributed by atoms with Gasteiger partial charge in [0.05, 0.1) is 9.35 Å². The first-order valence-corrected chi connectivity index (χ1v) is 6.94. The number of carbonyl (C=O) groups excluding carboxylic acids is 1. The molecule has 0 aromatic carbocycles. The molecule has 0 radical (unpaired) electrons. The van der Waals surface area contributed by atoms with Crippen molar-refractivity contribution in [3.05, 3.63) is 20.8 Å². The molecule has 1 aliphatic heterocycles. The molecule has 2 heterocycles. The first-order chi connectivity index (χ1) is 7.68. The summed E-state index contributed by atoms with van der Waals surface area (Å²) in [6, 6.07) is 2.20. The highest BCUT2D eigenvalue weighted by Gasteiger charge is 2.23. The average molecular weight is 304 g/mol.